The van der Waals surface area contributed by atoms with E-state index in [0.29, 0.717) is 28.1 Å². The third-order valence-electron chi connectivity index (χ3n) is 2.85. The Bertz CT molecular complexity index is 402. The minimum absolute atomic E-state index is 0. The molecule has 6 heteroatoms. The van der Waals surface area contributed by atoms with Crippen LogP contribution >= 0.6 is 35.6 Å². The largest absolute Gasteiger partial charge is 0.355 e. The van der Waals surface area contributed by atoms with E-state index in [-0.39, 0.29) is 24.7 Å². The molecular weight excluding hydrogens is 295 g/mol. The highest BCUT2D eigenvalue weighted by atomic mass is 35.5. The van der Waals surface area contributed by atoms with E-state index >= 15 is 0 Å². The second kappa shape index (κ2) is 7.19. The van der Waals surface area contributed by atoms with Gasteiger partial charge >= 0.3 is 0 Å². The number of carbonyl (C=O) groups is 1. The van der Waals surface area contributed by atoms with Gasteiger partial charge in [-0.3, -0.25) is 4.79 Å². The van der Waals surface area contributed by atoms with E-state index in [2.05, 4.69) is 10.6 Å². The lowest BCUT2D eigenvalue weighted by Gasteiger charge is -2.27. The van der Waals surface area contributed by atoms with Crippen LogP contribution < -0.4 is 10.6 Å². The van der Waals surface area contributed by atoms with Gasteiger partial charge < -0.3 is 10.6 Å². The molecule has 1 amide bonds. The zero-order valence-corrected chi connectivity index (χ0v) is 12.0. The van der Waals surface area contributed by atoms with Gasteiger partial charge in [0.15, 0.2) is 0 Å². The van der Waals surface area contributed by atoms with Crippen LogP contribution in [0.1, 0.15) is 5.56 Å². The third-order valence-corrected chi connectivity index (χ3v) is 3.56. The molecule has 1 aliphatic rings. The van der Waals surface area contributed by atoms with Gasteiger partial charge in [-0.05, 0) is 17.7 Å². The highest BCUT2D eigenvalue weighted by Crippen LogP contribution is 2.24. The van der Waals surface area contributed by atoms with E-state index in [4.69, 9.17) is 23.2 Å². The topological polar surface area (TPSA) is 41.1 Å². The first-order valence-corrected chi connectivity index (χ1v) is 6.32. The van der Waals surface area contributed by atoms with E-state index in [1.54, 1.807) is 18.2 Å². The average molecular weight is 310 g/mol. The van der Waals surface area contributed by atoms with E-state index in [1.165, 1.54) is 0 Å². The van der Waals surface area contributed by atoms with E-state index in [1.807, 2.05) is 0 Å². The molecule has 0 aliphatic carbocycles. The number of rotatable bonds is 4. The first kappa shape index (κ1) is 15.6. The molecule has 0 bridgehead atoms. The maximum absolute atomic E-state index is 11.7. The van der Waals surface area contributed by atoms with Gasteiger partial charge in [0.1, 0.15) is 0 Å². The summed E-state index contributed by atoms with van der Waals surface area (Å²) in [6, 6.07) is 5.25. The van der Waals surface area contributed by atoms with E-state index in [9.17, 15) is 4.79 Å². The summed E-state index contributed by atoms with van der Waals surface area (Å²) in [5.41, 5.74) is 0.695. The van der Waals surface area contributed by atoms with Gasteiger partial charge in [-0.25, -0.2) is 0 Å². The number of halogens is 3. The third kappa shape index (κ3) is 4.02. The van der Waals surface area contributed by atoms with Crippen molar-refractivity contribution in [1.29, 1.82) is 0 Å². The van der Waals surface area contributed by atoms with E-state index < -0.39 is 0 Å². The van der Waals surface area contributed by atoms with E-state index in [0.717, 1.165) is 13.1 Å². The first-order chi connectivity index (χ1) is 8.16. The molecular formula is C12H15Cl3N2O. The van der Waals surface area contributed by atoms with Crippen molar-refractivity contribution in [1.82, 2.24) is 10.6 Å². The summed E-state index contributed by atoms with van der Waals surface area (Å²) >= 11 is 12.0. The van der Waals surface area contributed by atoms with Gasteiger partial charge in [0.25, 0.3) is 0 Å². The van der Waals surface area contributed by atoms with Crippen LogP contribution in [0.2, 0.25) is 10.0 Å². The SMILES string of the molecule is Cl.O=C(Cc1c(Cl)cccc1Cl)NCC1CNC1. The molecule has 100 valence electrons. The second-order valence-corrected chi connectivity index (χ2v) is 5.02. The highest BCUT2D eigenvalue weighted by molar-refractivity contribution is 6.36. The Morgan fingerprint density at radius 3 is 2.44 bits per heavy atom. The average Bonchev–Trinajstić information content (AvgIpc) is 2.21. The molecule has 1 aromatic carbocycles. The number of nitrogens with one attached hydrogen (secondary N) is 2. The Balaban J connectivity index is 0.00000162. The van der Waals surface area contributed by atoms with Crippen LogP contribution in [0.4, 0.5) is 0 Å². The van der Waals surface area contributed by atoms with Gasteiger partial charge in [0.2, 0.25) is 5.91 Å². The van der Waals surface area contributed by atoms with Crippen LogP contribution in [0.5, 0.6) is 0 Å². The summed E-state index contributed by atoms with van der Waals surface area (Å²) in [6.07, 6.45) is 0.235. The maximum Gasteiger partial charge on any atom is 0.224 e. The fourth-order valence-electron chi connectivity index (χ4n) is 1.68. The Morgan fingerprint density at radius 1 is 1.33 bits per heavy atom. The second-order valence-electron chi connectivity index (χ2n) is 4.21. The minimum atomic E-state index is -0.0353. The van der Waals surface area contributed by atoms with Gasteiger partial charge in [-0.15, -0.1) is 12.4 Å². The van der Waals surface area contributed by atoms with Crippen molar-refractivity contribution in [2.24, 2.45) is 5.92 Å². The lowest BCUT2D eigenvalue weighted by molar-refractivity contribution is -0.120. The monoisotopic (exact) mass is 308 g/mol. The summed E-state index contributed by atoms with van der Waals surface area (Å²) in [5.74, 6) is 0.521. The summed E-state index contributed by atoms with van der Waals surface area (Å²) in [4.78, 5) is 11.7. The molecule has 0 radical (unpaired) electrons. The fourth-order valence-corrected chi connectivity index (χ4v) is 2.21. The van der Waals surface area contributed by atoms with Crippen molar-refractivity contribution >= 4 is 41.5 Å². The van der Waals surface area contributed by atoms with Gasteiger partial charge in [-0.1, -0.05) is 29.3 Å². The highest BCUT2D eigenvalue weighted by Gasteiger charge is 2.17. The van der Waals surface area contributed by atoms with Crippen molar-refractivity contribution in [2.45, 2.75) is 6.42 Å². The molecule has 1 saturated heterocycles. The van der Waals surface area contributed by atoms with Crippen LogP contribution in [0, 0.1) is 5.92 Å². The summed E-state index contributed by atoms with van der Waals surface area (Å²) in [6.45, 7) is 2.67. The van der Waals surface area contributed by atoms with Crippen molar-refractivity contribution in [3.63, 3.8) is 0 Å². The first-order valence-electron chi connectivity index (χ1n) is 5.57. The Labute approximate surface area is 123 Å². The molecule has 18 heavy (non-hydrogen) atoms. The lowest BCUT2D eigenvalue weighted by atomic mass is 10.0. The number of hydrogen-bond acceptors (Lipinski definition) is 2. The quantitative estimate of drug-likeness (QED) is 0.896. The molecule has 2 rings (SSSR count). The number of carbonyl (C=O) groups excluding carboxylic acids is 1. The van der Waals surface area contributed by atoms with Gasteiger partial charge in [0, 0.05) is 35.6 Å². The number of benzene rings is 1. The maximum atomic E-state index is 11.7. The van der Waals surface area contributed by atoms with Crippen LogP contribution in [0.25, 0.3) is 0 Å². The smallest absolute Gasteiger partial charge is 0.224 e. The van der Waals surface area contributed by atoms with Crippen molar-refractivity contribution in [3.05, 3.63) is 33.8 Å². The predicted molar refractivity (Wildman–Crippen MR) is 76.8 cm³/mol. The molecule has 0 aromatic heterocycles. The molecule has 0 atom stereocenters. The number of hydrogen-bond donors (Lipinski definition) is 2. The van der Waals surface area contributed by atoms with Crippen LogP contribution in [-0.4, -0.2) is 25.5 Å². The number of amides is 1. The zero-order valence-electron chi connectivity index (χ0n) is 9.71. The van der Waals surface area contributed by atoms with Crippen LogP contribution in [0.15, 0.2) is 18.2 Å². The molecule has 2 N–H and O–H groups in total. The van der Waals surface area contributed by atoms with Crippen molar-refractivity contribution < 1.29 is 4.79 Å². The molecule has 1 heterocycles. The minimum Gasteiger partial charge on any atom is -0.355 e. The van der Waals surface area contributed by atoms with Gasteiger partial charge in [-0.2, -0.15) is 0 Å². The molecule has 1 fully saturated rings. The normalized spacial score (nSPS) is 14.6. The molecule has 0 saturated carbocycles. The molecule has 1 aromatic rings. The molecule has 3 nitrogen and oxygen atoms in total. The predicted octanol–water partition coefficient (Wildman–Crippen LogP) is 2.29. The molecule has 0 unspecified atom stereocenters. The molecule has 1 aliphatic heterocycles. The lowest BCUT2D eigenvalue weighted by Crippen LogP contribution is -2.48. The Kier molecular flexibility index (Phi) is 6.22. The summed E-state index contributed by atoms with van der Waals surface area (Å²) < 4.78 is 0. The van der Waals surface area contributed by atoms with Crippen molar-refractivity contribution in [2.75, 3.05) is 19.6 Å². The zero-order chi connectivity index (χ0) is 12.3. The fraction of sp³-hybridized carbons (Fsp3) is 0.417. The van der Waals surface area contributed by atoms with Crippen molar-refractivity contribution in [3.8, 4) is 0 Å². The summed E-state index contributed by atoms with van der Waals surface area (Å²) in [5, 5.41) is 7.13. The van der Waals surface area contributed by atoms with Gasteiger partial charge in [0.05, 0.1) is 6.42 Å². The Morgan fingerprint density at radius 2 is 1.94 bits per heavy atom. The van der Waals surface area contributed by atoms with Crippen LogP contribution in [0.3, 0.4) is 0 Å². The summed E-state index contributed by atoms with van der Waals surface area (Å²) in [7, 11) is 0. The standard InChI is InChI=1S/C12H14Cl2N2O.ClH/c13-10-2-1-3-11(14)9(10)4-12(17)16-7-8-5-15-6-8;/h1-3,8,15H,4-7H2,(H,16,17);1H. The molecule has 0 spiro atoms. The Hall–Kier alpha value is -0.480. The van der Waals surface area contributed by atoms with Crippen LogP contribution in [-0.2, 0) is 11.2 Å².